The summed E-state index contributed by atoms with van der Waals surface area (Å²) in [6.07, 6.45) is 59.6. The lowest BCUT2D eigenvalue weighted by atomic mass is 10.0. The third-order valence-electron chi connectivity index (χ3n) is 16.9. The second-order valence-corrected chi connectivity index (χ2v) is 29.7. The van der Waals surface area contributed by atoms with Crippen LogP contribution >= 0.6 is 15.6 Å². The number of phosphoric acid groups is 2. The van der Waals surface area contributed by atoms with Gasteiger partial charge in [-0.3, -0.25) is 37.3 Å². The van der Waals surface area contributed by atoms with E-state index in [1.165, 1.54) is 167 Å². The molecule has 0 fully saturated rings. The van der Waals surface area contributed by atoms with Gasteiger partial charge in [-0.25, -0.2) is 9.13 Å². The predicted molar refractivity (Wildman–Crippen MR) is 381 cm³/mol. The van der Waals surface area contributed by atoms with Crippen LogP contribution in [0.5, 0.6) is 0 Å². The van der Waals surface area contributed by atoms with Crippen LogP contribution in [0.25, 0.3) is 0 Å². The van der Waals surface area contributed by atoms with Crippen molar-refractivity contribution in [2.24, 2.45) is 5.92 Å². The molecule has 0 aliphatic rings. The Morgan fingerprint density at radius 1 is 0.330 bits per heavy atom. The topological polar surface area (TPSA) is 237 Å². The van der Waals surface area contributed by atoms with Crippen molar-refractivity contribution in [2.75, 3.05) is 39.6 Å². The first-order chi connectivity index (χ1) is 45.5. The highest BCUT2D eigenvalue weighted by atomic mass is 31.2. The van der Waals surface area contributed by atoms with Crippen LogP contribution in [0.1, 0.15) is 369 Å². The van der Waals surface area contributed by atoms with E-state index in [1.54, 1.807) is 0 Å². The fourth-order valence-corrected chi connectivity index (χ4v) is 12.6. The Labute approximate surface area is 573 Å². The third kappa shape index (κ3) is 68.1. The van der Waals surface area contributed by atoms with Gasteiger partial charge in [0.2, 0.25) is 0 Å². The van der Waals surface area contributed by atoms with E-state index in [0.29, 0.717) is 25.7 Å². The Morgan fingerprint density at radius 3 is 0.872 bits per heavy atom. The van der Waals surface area contributed by atoms with E-state index in [2.05, 4.69) is 58.9 Å². The molecule has 0 radical (unpaired) electrons. The molecule has 0 saturated heterocycles. The molecule has 94 heavy (non-hydrogen) atoms. The number of carbonyl (C=O) groups is 4. The summed E-state index contributed by atoms with van der Waals surface area (Å²) in [5.74, 6) is -1.39. The van der Waals surface area contributed by atoms with Crippen molar-refractivity contribution < 1.29 is 80.2 Å². The van der Waals surface area contributed by atoms with Gasteiger partial charge in [0.05, 0.1) is 26.4 Å². The monoisotopic (exact) mass is 1380 g/mol. The number of unbranched alkanes of at least 4 members (excludes halogenated alkanes) is 42. The van der Waals surface area contributed by atoms with Crippen molar-refractivity contribution in [2.45, 2.75) is 387 Å². The third-order valence-corrected chi connectivity index (χ3v) is 18.8. The van der Waals surface area contributed by atoms with Crippen LogP contribution in [-0.2, 0) is 65.4 Å². The van der Waals surface area contributed by atoms with E-state index in [9.17, 15) is 43.2 Å². The second-order valence-electron chi connectivity index (χ2n) is 26.8. The average molecular weight is 1380 g/mol. The minimum atomic E-state index is -4.96. The maximum atomic E-state index is 13.1. The number of ether oxygens (including phenoxy) is 4. The van der Waals surface area contributed by atoms with E-state index >= 15 is 0 Å². The summed E-state index contributed by atoms with van der Waals surface area (Å²) in [6, 6.07) is 0. The first-order valence-electron chi connectivity index (χ1n) is 38.5. The number of allylic oxidation sites excluding steroid dienone is 4. The average Bonchev–Trinajstić information content (AvgIpc) is 1.50. The van der Waals surface area contributed by atoms with E-state index in [0.717, 1.165) is 121 Å². The zero-order valence-electron chi connectivity index (χ0n) is 60.6. The molecule has 554 valence electrons. The standard InChI is InChI=1S/C75H142O17P2/c1-6-9-12-15-17-19-21-23-25-26-27-28-29-31-33-37-41-45-50-55-60-75(80)92-71(65-86-73(78)59-54-49-44-40-36-32-30-24-22-20-18-16-13-10-7-2)67-90-94(83,84)88-63-69(76)62-87-93(81,82)89-66-70(64-85-72(77)58-53-47-14-11-8-3)91-74(79)61-56-51-46-42-38-34-35-39-43-48-52-57-68(4)5/h20,22,24,30,68-71,76H,6-19,21,23,25-29,31-67H2,1-5H3,(H,81,82)(H,83,84)/b22-20-,30-24-/t69-,70+,71+/m0/s1. The fraction of sp³-hybridized carbons (Fsp3) is 0.893. The SMILES string of the molecule is CCCCCC/C=C\C=C/CCCCCCCC(=O)OC[C@H](COP(=O)(O)OC[C@@H](O)COP(=O)(O)OC[C@@H](COC(=O)CCCCCCC)OC(=O)CCCCCCCCCCCCCC(C)C)OC(=O)CCCCCCCCCCCCCCCCCCCCCC. The number of aliphatic hydroxyl groups is 1. The number of hydrogen-bond donors (Lipinski definition) is 3. The first-order valence-corrected chi connectivity index (χ1v) is 41.4. The van der Waals surface area contributed by atoms with Crippen molar-refractivity contribution >= 4 is 39.5 Å². The first kappa shape index (κ1) is 91.5. The summed E-state index contributed by atoms with van der Waals surface area (Å²) in [6.45, 7) is 7.12. The van der Waals surface area contributed by atoms with Crippen LogP contribution in [0.3, 0.4) is 0 Å². The van der Waals surface area contributed by atoms with Crippen molar-refractivity contribution in [3.63, 3.8) is 0 Å². The van der Waals surface area contributed by atoms with E-state index in [1.807, 2.05) is 0 Å². The Morgan fingerprint density at radius 2 is 0.574 bits per heavy atom. The molecule has 3 N–H and O–H groups in total. The van der Waals surface area contributed by atoms with Crippen LogP contribution in [0.2, 0.25) is 0 Å². The molecule has 0 rings (SSSR count). The summed E-state index contributed by atoms with van der Waals surface area (Å²) in [5.41, 5.74) is 0. The number of hydrogen-bond acceptors (Lipinski definition) is 15. The molecule has 17 nitrogen and oxygen atoms in total. The quantitative estimate of drug-likeness (QED) is 0.0169. The van der Waals surface area contributed by atoms with Gasteiger partial charge < -0.3 is 33.8 Å². The highest BCUT2D eigenvalue weighted by Gasteiger charge is 2.30. The molecule has 0 saturated carbocycles. The molecule has 0 bridgehead atoms. The van der Waals surface area contributed by atoms with Gasteiger partial charge in [-0.1, -0.05) is 316 Å². The lowest BCUT2D eigenvalue weighted by Gasteiger charge is -2.21. The second kappa shape index (κ2) is 67.7. The highest BCUT2D eigenvalue weighted by molar-refractivity contribution is 7.47. The summed E-state index contributed by atoms with van der Waals surface area (Å²) in [5, 5.41) is 10.6. The number of aliphatic hydroxyl groups excluding tert-OH is 1. The molecule has 19 heteroatoms. The number of carbonyl (C=O) groups excluding carboxylic acids is 4. The molecular formula is C75H142O17P2. The number of rotatable bonds is 73. The maximum absolute atomic E-state index is 13.1. The number of esters is 4. The van der Waals surface area contributed by atoms with Crippen LogP contribution < -0.4 is 0 Å². The summed E-state index contributed by atoms with van der Waals surface area (Å²) in [7, 11) is -9.91. The normalized spacial score (nSPS) is 14.1. The molecule has 0 heterocycles. The van der Waals surface area contributed by atoms with Gasteiger partial charge in [-0.15, -0.1) is 0 Å². The molecule has 0 spiro atoms. The van der Waals surface area contributed by atoms with Crippen LogP contribution in [0, 0.1) is 5.92 Å². The van der Waals surface area contributed by atoms with Gasteiger partial charge in [0.15, 0.2) is 12.2 Å². The van der Waals surface area contributed by atoms with Crippen molar-refractivity contribution in [3.05, 3.63) is 24.3 Å². The van der Waals surface area contributed by atoms with Gasteiger partial charge >= 0.3 is 39.5 Å². The largest absolute Gasteiger partial charge is 0.472 e. The van der Waals surface area contributed by atoms with E-state index in [-0.39, 0.29) is 25.7 Å². The van der Waals surface area contributed by atoms with Crippen molar-refractivity contribution in [1.82, 2.24) is 0 Å². The smallest absolute Gasteiger partial charge is 0.462 e. The molecule has 5 atom stereocenters. The predicted octanol–water partition coefficient (Wildman–Crippen LogP) is 21.6. The van der Waals surface area contributed by atoms with Gasteiger partial charge in [-0.05, 0) is 57.3 Å². The zero-order valence-corrected chi connectivity index (χ0v) is 62.4. The number of phosphoric ester groups is 2. The Kier molecular flexibility index (Phi) is 65.9. The highest BCUT2D eigenvalue weighted by Crippen LogP contribution is 2.45. The molecule has 0 amide bonds. The maximum Gasteiger partial charge on any atom is 0.472 e. The molecular weight excluding hydrogens is 1230 g/mol. The van der Waals surface area contributed by atoms with Gasteiger partial charge in [0, 0.05) is 25.7 Å². The molecule has 0 aromatic carbocycles. The lowest BCUT2D eigenvalue weighted by Crippen LogP contribution is -2.30. The Bertz CT molecular complexity index is 1900. The van der Waals surface area contributed by atoms with Crippen LogP contribution in [0.15, 0.2) is 24.3 Å². The Hall–Kier alpha value is -2.46. The minimum Gasteiger partial charge on any atom is -0.462 e. The fourth-order valence-electron chi connectivity index (χ4n) is 11.0. The van der Waals surface area contributed by atoms with Crippen LogP contribution in [0.4, 0.5) is 0 Å². The van der Waals surface area contributed by atoms with Crippen molar-refractivity contribution in [1.29, 1.82) is 0 Å². The molecule has 0 aromatic rings. The van der Waals surface area contributed by atoms with E-state index in [4.69, 9.17) is 37.0 Å². The van der Waals surface area contributed by atoms with Gasteiger partial charge in [-0.2, -0.15) is 0 Å². The lowest BCUT2D eigenvalue weighted by molar-refractivity contribution is -0.161. The van der Waals surface area contributed by atoms with Gasteiger partial charge in [0.1, 0.15) is 19.3 Å². The van der Waals surface area contributed by atoms with Gasteiger partial charge in [0.25, 0.3) is 0 Å². The summed E-state index contributed by atoms with van der Waals surface area (Å²) in [4.78, 5) is 72.4. The van der Waals surface area contributed by atoms with Crippen molar-refractivity contribution in [3.8, 4) is 0 Å². The molecule has 0 aromatic heterocycles. The van der Waals surface area contributed by atoms with E-state index < -0.39 is 97.5 Å². The minimum absolute atomic E-state index is 0.102. The Balaban J connectivity index is 5.16. The molecule has 0 aliphatic carbocycles. The van der Waals surface area contributed by atoms with Crippen LogP contribution in [-0.4, -0.2) is 96.7 Å². The molecule has 0 aliphatic heterocycles. The summed E-state index contributed by atoms with van der Waals surface area (Å²) < 4.78 is 68.2. The summed E-state index contributed by atoms with van der Waals surface area (Å²) >= 11 is 0. The molecule has 2 unspecified atom stereocenters. The zero-order chi connectivity index (χ0) is 69.1.